The molecule has 2 aromatic heterocycles. The Kier molecular flexibility index (Phi) is 5.04. The SMILES string of the molecule is CC1(C)CCC[C@@H](CC(=O)Nc2nc3ccc(C(F)(F)F)nc3n2C2CCC2)O1. The monoisotopic (exact) mass is 410 g/mol. The van der Waals surface area contributed by atoms with E-state index in [1.54, 1.807) is 4.57 Å². The van der Waals surface area contributed by atoms with E-state index >= 15 is 0 Å². The maximum atomic E-state index is 13.1. The molecule has 158 valence electrons. The summed E-state index contributed by atoms with van der Waals surface area (Å²) in [5.74, 6) is 0.0104. The van der Waals surface area contributed by atoms with Gasteiger partial charge < -0.3 is 4.74 Å². The molecular formula is C20H25F3N4O2. The average molecular weight is 410 g/mol. The van der Waals surface area contributed by atoms with E-state index in [1.165, 1.54) is 6.07 Å². The number of rotatable bonds is 4. The molecule has 3 heterocycles. The van der Waals surface area contributed by atoms with Gasteiger partial charge in [0.15, 0.2) is 5.65 Å². The van der Waals surface area contributed by atoms with Crippen molar-refractivity contribution in [3.05, 3.63) is 17.8 Å². The van der Waals surface area contributed by atoms with E-state index in [0.29, 0.717) is 5.52 Å². The summed E-state index contributed by atoms with van der Waals surface area (Å²) < 4.78 is 47.0. The molecule has 1 saturated heterocycles. The number of carbonyl (C=O) groups is 1. The summed E-state index contributed by atoms with van der Waals surface area (Å²) in [7, 11) is 0. The number of fused-ring (bicyclic) bond motifs is 1. The van der Waals surface area contributed by atoms with Gasteiger partial charge in [0.2, 0.25) is 11.9 Å². The number of alkyl halides is 3. The maximum Gasteiger partial charge on any atom is 0.433 e. The van der Waals surface area contributed by atoms with E-state index in [-0.39, 0.29) is 41.7 Å². The number of ether oxygens (including phenoxy) is 1. The van der Waals surface area contributed by atoms with Crippen LogP contribution in [0.1, 0.15) is 70.5 Å². The van der Waals surface area contributed by atoms with Gasteiger partial charge in [-0.25, -0.2) is 9.97 Å². The molecule has 9 heteroatoms. The number of hydrogen-bond acceptors (Lipinski definition) is 4. The number of imidazole rings is 1. The molecule has 0 bridgehead atoms. The highest BCUT2D eigenvalue weighted by Crippen LogP contribution is 2.38. The highest BCUT2D eigenvalue weighted by Gasteiger charge is 2.35. The maximum absolute atomic E-state index is 13.1. The van der Waals surface area contributed by atoms with Crippen LogP contribution in [-0.4, -0.2) is 32.1 Å². The van der Waals surface area contributed by atoms with Crippen molar-refractivity contribution in [3.63, 3.8) is 0 Å². The summed E-state index contributed by atoms with van der Waals surface area (Å²) in [6.45, 7) is 4.02. The first-order valence-corrected chi connectivity index (χ1v) is 10.1. The number of nitrogens with one attached hydrogen (secondary N) is 1. The van der Waals surface area contributed by atoms with Gasteiger partial charge in [-0.05, 0) is 64.5 Å². The van der Waals surface area contributed by atoms with Crippen LogP contribution < -0.4 is 5.32 Å². The minimum atomic E-state index is -4.53. The molecule has 0 aromatic carbocycles. The molecule has 1 saturated carbocycles. The lowest BCUT2D eigenvalue weighted by Gasteiger charge is -2.35. The van der Waals surface area contributed by atoms with Crippen LogP contribution in [-0.2, 0) is 15.7 Å². The van der Waals surface area contributed by atoms with Gasteiger partial charge in [-0.15, -0.1) is 0 Å². The first kappa shape index (κ1) is 20.1. The summed E-state index contributed by atoms with van der Waals surface area (Å²) >= 11 is 0. The molecule has 2 aromatic rings. The van der Waals surface area contributed by atoms with E-state index in [0.717, 1.165) is 44.6 Å². The Hall–Kier alpha value is -2.16. The molecule has 0 unspecified atom stereocenters. The molecule has 6 nitrogen and oxygen atoms in total. The Bertz CT molecular complexity index is 918. The molecule has 4 rings (SSSR count). The Morgan fingerprint density at radius 3 is 2.62 bits per heavy atom. The number of aromatic nitrogens is 3. The molecule has 1 N–H and O–H groups in total. The molecule has 0 radical (unpaired) electrons. The van der Waals surface area contributed by atoms with E-state index in [9.17, 15) is 18.0 Å². The van der Waals surface area contributed by atoms with E-state index in [1.807, 2.05) is 13.8 Å². The third kappa shape index (κ3) is 4.24. The smallest absolute Gasteiger partial charge is 0.372 e. The molecule has 2 fully saturated rings. The van der Waals surface area contributed by atoms with Crippen LogP contribution in [0, 0.1) is 0 Å². The number of halogens is 3. The Labute approximate surface area is 166 Å². The second-order valence-electron chi connectivity index (χ2n) is 8.57. The summed E-state index contributed by atoms with van der Waals surface area (Å²) in [6.07, 6.45) is 0.892. The standard InChI is InChI=1S/C20H25F3N4O2/c1-19(2)10-4-7-13(29-19)11-16(28)26-18-24-14-8-9-15(20(21,22)23)25-17(14)27(18)12-5-3-6-12/h8-9,12-13H,3-7,10-11H2,1-2H3,(H,24,26,28)/t13-/m0/s1. The van der Waals surface area contributed by atoms with E-state index in [2.05, 4.69) is 15.3 Å². The number of pyridine rings is 1. The zero-order valence-corrected chi connectivity index (χ0v) is 16.6. The summed E-state index contributed by atoms with van der Waals surface area (Å²) in [6, 6.07) is 2.23. The van der Waals surface area contributed by atoms with Crippen molar-refractivity contribution in [2.75, 3.05) is 5.32 Å². The molecule has 0 spiro atoms. The second kappa shape index (κ2) is 7.27. The van der Waals surface area contributed by atoms with Crippen molar-refractivity contribution in [1.29, 1.82) is 0 Å². The quantitative estimate of drug-likeness (QED) is 0.782. The van der Waals surface area contributed by atoms with Crippen molar-refractivity contribution >= 4 is 23.0 Å². The second-order valence-corrected chi connectivity index (χ2v) is 8.57. The Balaban J connectivity index is 1.58. The van der Waals surface area contributed by atoms with Crippen molar-refractivity contribution in [1.82, 2.24) is 14.5 Å². The van der Waals surface area contributed by atoms with Crippen LogP contribution in [0.5, 0.6) is 0 Å². The molecule has 1 amide bonds. The predicted octanol–water partition coefficient (Wildman–Crippen LogP) is 4.85. The van der Waals surface area contributed by atoms with Crippen molar-refractivity contribution in [3.8, 4) is 0 Å². The molecule has 29 heavy (non-hydrogen) atoms. The fourth-order valence-corrected chi connectivity index (χ4v) is 4.06. The third-order valence-electron chi connectivity index (χ3n) is 5.72. The Morgan fingerprint density at radius 2 is 2.00 bits per heavy atom. The van der Waals surface area contributed by atoms with E-state index < -0.39 is 11.9 Å². The molecule has 1 aliphatic heterocycles. The first-order valence-electron chi connectivity index (χ1n) is 10.1. The van der Waals surface area contributed by atoms with Gasteiger partial charge in [-0.2, -0.15) is 13.2 Å². The number of amides is 1. The van der Waals surface area contributed by atoms with Crippen LogP contribution in [0.15, 0.2) is 12.1 Å². The van der Waals surface area contributed by atoms with Gasteiger partial charge in [0, 0.05) is 6.04 Å². The minimum Gasteiger partial charge on any atom is -0.372 e. The minimum absolute atomic E-state index is 0.00357. The number of anilines is 1. The molecule has 2 aliphatic rings. The van der Waals surface area contributed by atoms with Crippen LogP contribution >= 0.6 is 0 Å². The first-order chi connectivity index (χ1) is 13.6. The lowest BCUT2D eigenvalue weighted by Crippen LogP contribution is -2.37. The van der Waals surface area contributed by atoms with Gasteiger partial charge in [0.25, 0.3) is 0 Å². The fourth-order valence-electron chi connectivity index (χ4n) is 4.06. The lowest BCUT2D eigenvalue weighted by atomic mass is 9.93. The van der Waals surface area contributed by atoms with Crippen LogP contribution in [0.4, 0.5) is 19.1 Å². The summed E-state index contributed by atoms with van der Waals surface area (Å²) in [5, 5.41) is 2.79. The van der Waals surface area contributed by atoms with Crippen molar-refractivity contribution in [2.45, 2.75) is 82.7 Å². The van der Waals surface area contributed by atoms with Gasteiger partial charge in [-0.3, -0.25) is 14.7 Å². The van der Waals surface area contributed by atoms with Crippen LogP contribution in [0.25, 0.3) is 11.2 Å². The largest absolute Gasteiger partial charge is 0.433 e. The van der Waals surface area contributed by atoms with Gasteiger partial charge in [0.1, 0.15) is 11.2 Å². The van der Waals surface area contributed by atoms with Crippen molar-refractivity contribution in [2.24, 2.45) is 0 Å². The number of nitrogens with zero attached hydrogens (tertiary/aromatic N) is 3. The van der Waals surface area contributed by atoms with Gasteiger partial charge in [0.05, 0.1) is 18.1 Å². The average Bonchev–Trinajstić information content (AvgIpc) is 2.88. The van der Waals surface area contributed by atoms with Gasteiger partial charge in [-0.1, -0.05) is 0 Å². The van der Waals surface area contributed by atoms with Crippen LogP contribution in [0.3, 0.4) is 0 Å². The predicted molar refractivity (Wildman–Crippen MR) is 101 cm³/mol. The Morgan fingerprint density at radius 1 is 1.24 bits per heavy atom. The highest BCUT2D eigenvalue weighted by atomic mass is 19.4. The van der Waals surface area contributed by atoms with E-state index in [4.69, 9.17) is 4.74 Å². The molecule has 1 atom stereocenters. The normalized spacial score (nSPS) is 22.4. The zero-order valence-electron chi connectivity index (χ0n) is 16.6. The van der Waals surface area contributed by atoms with Crippen LogP contribution in [0.2, 0.25) is 0 Å². The van der Waals surface area contributed by atoms with Crippen molar-refractivity contribution < 1.29 is 22.7 Å². The number of carbonyl (C=O) groups excluding carboxylic acids is 1. The molecular weight excluding hydrogens is 385 g/mol. The molecule has 1 aliphatic carbocycles. The zero-order chi connectivity index (χ0) is 20.8. The highest BCUT2D eigenvalue weighted by molar-refractivity contribution is 5.91. The lowest BCUT2D eigenvalue weighted by molar-refractivity contribution is -0.141. The third-order valence-corrected chi connectivity index (χ3v) is 5.72. The fraction of sp³-hybridized carbons (Fsp3) is 0.650. The summed E-state index contributed by atoms with van der Waals surface area (Å²) in [4.78, 5) is 20.8. The van der Waals surface area contributed by atoms with Gasteiger partial charge >= 0.3 is 6.18 Å². The summed E-state index contributed by atoms with van der Waals surface area (Å²) in [5.41, 5.74) is -0.702. The topological polar surface area (TPSA) is 69.0 Å². The number of hydrogen-bond donors (Lipinski definition) is 1.